The molecule has 0 aromatic heterocycles. The molecule has 0 unspecified atom stereocenters. The number of sulfonamides is 1. The number of hydrogen-bond acceptors (Lipinski definition) is 4. The van der Waals surface area contributed by atoms with E-state index >= 15 is 0 Å². The first-order chi connectivity index (χ1) is 18.9. The Labute approximate surface area is 239 Å². The van der Waals surface area contributed by atoms with Gasteiger partial charge in [-0.25, -0.2) is 12.8 Å². The van der Waals surface area contributed by atoms with E-state index in [1.165, 1.54) is 16.4 Å². The van der Waals surface area contributed by atoms with Crippen molar-refractivity contribution in [2.24, 2.45) is 0 Å². The molecule has 0 saturated carbocycles. The lowest BCUT2D eigenvalue weighted by molar-refractivity contribution is -0.135. The fraction of sp³-hybridized carbons (Fsp3) is 0.548. The van der Waals surface area contributed by atoms with E-state index < -0.39 is 10.0 Å². The second-order valence-corrected chi connectivity index (χ2v) is 13.7. The van der Waals surface area contributed by atoms with Crippen molar-refractivity contribution >= 4 is 21.8 Å². The minimum atomic E-state index is -3.55. The molecule has 1 heterocycles. The molecular weight excluding hydrogens is 529 g/mol. The number of carbonyl (C=O) groups excluding carboxylic acids is 2. The lowest BCUT2D eigenvalue weighted by Gasteiger charge is -2.39. The van der Waals surface area contributed by atoms with E-state index in [1.807, 2.05) is 36.1 Å². The molecule has 2 aromatic carbocycles. The van der Waals surface area contributed by atoms with Crippen LogP contribution in [-0.2, 0) is 26.8 Å². The molecule has 2 amide bonds. The molecule has 0 atom stereocenters. The van der Waals surface area contributed by atoms with E-state index in [-0.39, 0.29) is 54.5 Å². The molecule has 40 heavy (non-hydrogen) atoms. The molecule has 7 nitrogen and oxygen atoms in total. The zero-order valence-corrected chi connectivity index (χ0v) is 25.3. The van der Waals surface area contributed by atoms with Gasteiger partial charge in [0.2, 0.25) is 15.9 Å². The number of carbonyl (C=O) groups is 2. The highest BCUT2D eigenvalue weighted by Gasteiger charge is 2.33. The maximum Gasteiger partial charge on any atom is 0.253 e. The molecule has 220 valence electrons. The van der Waals surface area contributed by atoms with Crippen LogP contribution < -0.4 is 0 Å². The summed E-state index contributed by atoms with van der Waals surface area (Å²) < 4.78 is 40.5. The Morgan fingerprint density at radius 2 is 1.55 bits per heavy atom. The first-order valence-corrected chi connectivity index (χ1v) is 15.9. The molecule has 0 bridgehead atoms. The largest absolute Gasteiger partial charge is 0.338 e. The highest BCUT2D eigenvalue weighted by Crippen LogP contribution is 2.25. The van der Waals surface area contributed by atoms with Gasteiger partial charge in [0.1, 0.15) is 5.82 Å². The van der Waals surface area contributed by atoms with E-state index in [1.54, 1.807) is 24.0 Å². The Bertz CT molecular complexity index is 1230. The quantitative estimate of drug-likeness (QED) is 0.370. The number of rotatable bonds is 11. The van der Waals surface area contributed by atoms with Crippen molar-refractivity contribution in [2.75, 3.05) is 31.9 Å². The molecule has 2 aromatic rings. The highest BCUT2D eigenvalue weighted by molar-refractivity contribution is 7.89. The molecule has 0 N–H and O–H groups in total. The average molecular weight is 574 g/mol. The van der Waals surface area contributed by atoms with Crippen molar-refractivity contribution in [3.8, 4) is 0 Å². The van der Waals surface area contributed by atoms with Crippen LogP contribution in [0.1, 0.15) is 81.8 Å². The van der Waals surface area contributed by atoms with Gasteiger partial charge in [-0.15, -0.1) is 0 Å². The predicted octanol–water partition coefficient (Wildman–Crippen LogP) is 5.21. The summed E-state index contributed by atoms with van der Waals surface area (Å²) in [6, 6.07) is 13.6. The molecular formula is C31H44FN3O4S. The Balaban J connectivity index is 1.75. The molecule has 3 rings (SSSR count). The van der Waals surface area contributed by atoms with Gasteiger partial charge in [0.05, 0.1) is 12.3 Å². The topological polar surface area (TPSA) is 78.0 Å². The third-order valence-electron chi connectivity index (χ3n) is 7.42. The van der Waals surface area contributed by atoms with Gasteiger partial charge in [-0.1, -0.05) is 58.9 Å². The summed E-state index contributed by atoms with van der Waals surface area (Å²) in [5, 5.41) is 0. The number of piperidine rings is 1. The second kappa shape index (κ2) is 13.7. The number of benzene rings is 2. The smallest absolute Gasteiger partial charge is 0.253 e. The second-order valence-electron chi connectivity index (χ2n) is 11.6. The van der Waals surface area contributed by atoms with Crippen LogP contribution in [0.2, 0.25) is 0 Å². The summed E-state index contributed by atoms with van der Waals surface area (Å²) in [6.07, 6.45) is 2.23. The predicted molar refractivity (Wildman–Crippen MR) is 157 cm³/mol. The fourth-order valence-corrected chi connectivity index (χ4v) is 6.62. The Hall–Kier alpha value is -2.78. The SMILES string of the molecule is CCCN(CC(=O)N(Cc1ccc(F)cc1)C1CCN(C(=O)c2ccc(C(C)(C)C)cc2)CC1)S(=O)(=O)CCC. The number of halogens is 1. The molecule has 1 saturated heterocycles. The van der Waals surface area contributed by atoms with Crippen LogP contribution in [0, 0.1) is 5.82 Å². The lowest BCUT2D eigenvalue weighted by Crippen LogP contribution is -2.51. The van der Waals surface area contributed by atoms with Gasteiger partial charge in [-0.2, -0.15) is 4.31 Å². The molecule has 1 aliphatic heterocycles. The molecule has 9 heteroatoms. The lowest BCUT2D eigenvalue weighted by atomic mass is 9.86. The number of hydrogen-bond donors (Lipinski definition) is 0. The Morgan fingerprint density at radius 1 is 0.950 bits per heavy atom. The van der Waals surface area contributed by atoms with Crippen molar-refractivity contribution < 1.29 is 22.4 Å². The third-order valence-corrected chi connectivity index (χ3v) is 9.44. The van der Waals surface area contributed by atoms with E-state index in [4.69, 9.17) is 0 Å². The van der Waals surface area contributed by atoms with Gasteiger partial charge in [0.15, 0.2) is 0 Å². The van der Waals surface area contributed by atoms with Crippen LogP contribution in [0.5, 0.6) is 0 Å². The summed E-state index contributed by atoms with van der Waals surface area (Å²) in [6.45, 7) is 11.4. The first-order valence-electron chi connectivity index (χ1n) is 14.3. The summed E-state index contributed by atoms with van der Waals surface area (Å²) in [4.78, 5) is 30.4. The van der Waals surface area contributed by atoms with E-state index in [2.05, 4.69) is 20.8 Å². The monoisotopic (exact) mass is 573 g/mol. The maximum absolute atomic E-state index is 13.7. The molecule has 0 aliphatic carbocycles. The van der Waals surface area contributed by atoms with Crippen LogP contribution in [0.3, 0.4) is 0 Å². The van der Waals surface area contributed by atoms with Crippen molar-refractivity contribution in [3.05, 3.63) is 71.0 Å². The zero-order chi connectivity index (χ0) is 29.5. The maximum atomic E-state index is 13.7. The average Bonchev–Trinajstić information content (AvgIpc) is 2.91. The van der Waals surface area contributed by atoms with Gasteiger partial charge in [0, 0.05) is 37.8 Å². The standard InChI is InChI=1S/C31H44FN3O4S/c1-6-18-34(40(38,39)21-7-2)23-29(36)35(22-24-8-14-27(32)15-9-24)28-16-19-33(20-17-28)30(37)25-10-12-26(13-11-25)31(3,4)5/h8-15,28H,6-7,16-23H2,1-5H3. The number of amides is 2. The van der Waals surface area contributed by atoms with E-state index in [9.17, 15) is 22.4 Å². The van der Waals surface area contributed by atoms with Gasteiger partial charge < -0.3 is 9.80 Å². The first kappa shape index (κ1) is 31.7. The summed E-state index contributed by atoms with van der Waals surface area (Å²) >= 11 is 0. The minimum absolute atomic E-state index is 0.00300. The normalized spacial score (nSPS) is 14.9. The molecule has 1 fully saturated rings. The van der Waals surface area contributed by atoms with Crippen LogP contribution in [0.25, 0.3) is 0 Å². The van der Waals surface area contributed by atoms with Crippen LogP contribution >= 0.6 is 0 Å². The van der Waals surface area contributed by atoms with E-state index in [0.717, 1.165) is 11.1 Å². The summed E-state index contributed by atoms with van der Waals surface area (Å²) in [7, 11) is -3.55. The van der Waals surface area contributed by atoms with Crippen molar-refractivity contribution in [1.29, 1.82) is 0 Å². The van der Waals surface area contributed by atoms with Gasteiger partial charge in [-0.05, 0) is 66.5 Å². The fourth-order valence-electron chi connectivity index (χ4n) is 5.08. The summed E-state index contributed by atoms with van der Waals surface area (Å²) in [5.41, 5.74) is 2.58. The summed E-state index contributed by atoms with van der Waals surface area (Å²) in [5.74, 6) is -0.672. The van der Waals surface area contributed by atoms with Crippen LogP contribution in [0.15, 0.2) is 48.5 Å². The van der Waals surface area contributed by atoms with E-state index in [0.29, 0.717) is 44.3 Å². The van der Waals surface area contributed by atoms with Gasteiger partial charge >= 0.3 is 0 Å². The van der Waals surface area contributed by atoms with Crippen molar-refractivity contribution in [1.82, 2.24) is 14.1 Å². The van der Waals surface area contributed by atoms with Gasteiger partial charge in [-0.3, -0.25) is 9.59 Å². The van der Waals surface area contributed by atoms with Crippen molar-refractivity contribution in [2.45, 2.75) is 78.3 Å². The minimum Gasteiger partial charge on any atom is -0.338 e. The van der Waals surface area contributed by atoms with Crippen LogP contribution in [-0.4, -0.2) is 72.3 Å². The Kier molecular flexibility index (Phi) is 10.9. The number of nitrogens with zero attached hydrogens (tertiary/aromatic N) is 3. The Morgan fingerprint density at radius 3 is 2.08 bits per heavy atom. The molecule has 1 aliphatic rings. The van der Waals surface area contributed by atoms with Gasteiger partial charge in [0.25, 0.3) is 5.91 Å². The molecule has 0 spiro atoms. The third kappa shape index (κ3) is 8.36. The molecule has 0 radical (unpaired) electrons. The van der Waals surface area contributed by atoms with Crippen molar-refractivity contribution in [3.63, 3.8) is 0 Å². The highest BCUT2D eigenvalue weighted by atomic mass is 32.2. The zero-order valence-electron chi connectivity index (χ0n) is 24.5. The van der Waals surface area contributed by atoms with Crippen LogP contribution in [0.4, 0.5) is 4.39 Å². The number of likely N-dealkylation sites (tertiary alicyclic amines) is 1.